The zero-order valence-corrected chi connectivity index (χ0v) is 17.7. The second-order valence-electron chi connectivity index (χ2n) is 6.70. The van der Waals surface area contributed by atoms with Crippen molar-refractivity contribution in [2.45, 2.75) is 60.7 Å². The molecule has 1 aromatic heterocycles. The van der Waals surface area contributed by atoms with Crippen LogP contribution in [0.4, 0.5) is 57.1 Å². The summed E-state index contributed by atoms with van der Waals surface area (Å²) in [5.74, 6) is -38.9. The zero-order valence-electron chi connectivity index (χ0n) is 16.9. The topological polar surface area (TPSA) is 72.0 Å². The molecule has 0 atom stereocenters. The largest absolute Gasteiger partial charge is 0.466 e. The molecule has 19 heteroatoms. The van der Waals surface area contributed by atoms with Gasteiger partial charge in [-0.3, -0.25) is 9.59 Å². The summed E-state index contributed by atoms with van der Waals surface area (Å²) in [5, 5.41) is -0.925. The van der Waals surface area contributed by atoms with Crippen LogP contribution in [0.2, 0.25) is 0 Å². The second-order valence-corrected chi connectivity index (χ2v) is 7.78. The molecule has 0 unspecified atom stereocenters. The molecule has 0 aliphatic carbocycles. The van der Waals surface area contributed by atoms with Gasteiger partial charge in [-0.2, -0.15) is 57.1 Å². The van der Waals surface area contributed by atoms with E-state index in [4.69, 9.17) is 0 Å². The number of rotatable bonds is 11. The fourth-order valence-corrected chi connectivity index (χ4v) is 3.06. The number of esters is 1. The Balaban J connectivity index is 3.29. The molecule has 1 N–H and O–H groups in total. The van der Waals surface area contributed by atoms with Crippen molar-refractivity contribution in [3.63, 3.8) is 0 Å². The van der Waals surface area contributed by atoms with Crippen molar-refractivity contribution in [3.05, 3.63) is 22.1 Å². The van der Waals surface area contributed by atoms with E-state index >= 15 is 0 Å². The predicted octanol–water partition coefficient (Wildman–Crippen LogP) is 5.40. The highest BCUT2D eigenvalue weighted by atomic mass is 32.2. The highest BCUT2D eigenvalue weighted by Crippen LogP contribution is 2.61. The predicted molar refractivity (Wildman–Crippen MR) is 91.2 cm³/mol. The number of H-pyrrole nitrogens is 1. The van der Waals surface area contributed by atoms with Crippen LogP contribution < -0.4 is 5.56 Å². The lowest BCUT2D eigenvalue weighted by molar-refractivity contribution is -0.442. The van der Waals surface area contributed by atoms with Crippen LogP contribution in [0.5, 0.6) is 0 Å². The minimum atomic E-state index is -8.05. The number of thioether (sulfide) groups is 1. The van der Waals surface area contributed by atoms with Gasteiger partial charge in [-0.15, -0.1) is 0 Å². The standard InChI is InChI=1S/C16H13F13N2O3S/c1-7(32)34-4-2-3-5-35-10-30-8(6-9(33)31-10)11(17,18)12(19,20)13(21,22)14(23,24)15(25,26)16(27,28)29/h6H,2-5H2,1H3,(H,30,31,33). The van der Waals surface area contributed by atoms with Crippen molar-refractivity contribution in [1.82, 2.24) is 9.97 Å². The first-order valence-electron chi connectivity index (χ1n) is 8.88. The molecule has 1 aromatic rings. The third-order valence-corrected chi connectivity index (χ3v) is 5.02. The average Bonchev–Trinajstić information content (AvgIpc) is 2.68. The summed E-state index contributed by atoms with van der Waals surface area (Å²) in [7, 11) is 0. The molecule has 0 radical (unpaired) electrons. The van der Waals surface area contributed by atoms with Crippen molar-refractivity contribution in [3.8, 4) is 0 Å². The summed E-state index contributed by atoms with van der Waals surface area (Å²) in [6.07, 6.45) is -7.21. The molecular weight excluding hydrogens is 547 g/mol. The van der Waals surface area contributed by atoms with Crippen LogP contribution in [0.25, 0.3) is 0 Å². The Hall–Kier alpha value is -2.21. The minimum Gasteiger partial charge on any atom is -0.466 e. The Kier molecular flexibility index (Phi) is 8.84. The van der Waals surface area contributed by atoms with Crippen LogP contribution in [-0.2, 0) is 15.5 Å². The van der Waals surface area contributed by atoms with Crippen LogP contribution in [0.15, 0.2) is 16.0 Å². The Morgan fingerprint density at radius 3 is 1.89 bits per heavy atom. The van der Waals surface area contributed by atoms with E-state index in [9.17, 15) is 66.7 Å². The highest BCUT2D eigenvalue weighted by Gasteiger charge is 2.91. The van der Waals surface area contributed by atoms with Crippen molar-refractivity contribution in [2.24, 2.45) is 0 Å². The number of unbranched alkanes of at least 4 members (excludes halogenated alkanes) is 1. The number of carbonyl (C=O) groups is 1. The van der Waals surface area contributed by atoms with Gasteiger partial charge in [-0.05, 0) is 12.8 Å². The molecule has 0 saturated carbocycles. The normalized spacial score (nSPS) is 14.2. The number of nitrogens with zero attached hydrogens (tertiary/aromatic N) is 1. The molecule has 0 amide bonds. The molecule has 1 heterocycles. The molecule has 0 aliphatic heterocycles. The molecule has 0 aliphatic rings. The molecule has 0 bridgehead atoms. The Bertz CT molecular complexity index is 963. The lowest BCUT2D eigenvalue weighted by Crippen LogP contribution is -2.69. The summed E-state index contributed by atoms with van der Waals surface area (Å²) in [4.78, 5) is 26.5. The molecule has 5 nitrogen and oxygen atoms in total. The van der Waals surface area contributed by atoms with E-state index in [0.717, 1.165) is 6.92 Å². The van der Waals surface area contributed by atoms with Crippen molar-refractivity contribution in [2.75, 3.05) is 12.4 Å². The SMILES string of the molecule is CC(=O)OCCCCSc1nc(C(F)(F)C(F)(F)C(F)(F)C(F)(F)C(F)(F)C(F)(F)F)cc(=O)[nH]1. The summed E-state index contributed by atoms with van der Waals surface area (Å²) in [6, 6.07) is -0.547. The number of nitrogens with one attached hydrogen (secondary N) is 1. The van der Waals surface area contributed by atoms with Gasteiger partial charge in [-0.25, -0.2) is 4.98 Å². The Morgan fingerprint density at radius 1 is 0.886 bits per heavy atom. The van der Waals surface area contributed by atoms with Crippen molar-refractivity contribution >= 4 is 17.7 Å². The lowest BCUT2D eigenvalue weighted by Gasteiger charge is -2.39. The molecule has 0 aromatic carbocycles. The fraction of sp³-hybridized carbons (Fsp3) is 0.688. The van der Waals surface area contributed by atoms with Gasteiger partial charge in [0.1, 0.15) is 5.69 Å². The molecule has 35 heavy (non-hydrogen) atoms. The van der Waals surface area contributed by atoms with E-state index in [2.05, 4.69) is 9.72 Å². The molecule has 202 valence electrons. The third-order valence-electron chi connectivity index (χ3n) is 4.06. The number of aromatic nitrogens is 2. The van der Waals surface area contributed by atoms with E-state index in [1.54, 1.807) is 4.98 Å². The number of carbonyl (C=O) groups excluding carboxylic acids is 1. The molecule has 0 saturated heterocycles. The first kappa shape index (κ1) is 30.8. The number of alkyl halides is 13. The number of hydrogen-bond acceptors (Lipinski definition) is 5. The first-order valence-corrected chi connectivity index (χ1v) is 9.86. The smallest absolute Gasteiger partial charge is 0.460 e. The second kappa shape index (κ2) is 10.0. The Labute approximate surface area is 190 Å². The van der Waals surface area contributed by atoms with Gasteiger partial charge in [0.2, 0.25) is 0 Å². The van der Waals surface area contributed by atoms with Crippen molar-refractivity contribution < 1.29 is 66.6 Å². The van der Waals surface area contributed by atoms with E-state index in [0.29, 0.717) is 11.8 Å². The van der Waals surface area contributed by atoms with E-state index < -0.39 is 64.2 Å². The van der Waals surface area contributed by atoms with E-state index in [1.165, 1.54) is 0 Å². The number of hydrogen-bond donors (Lipinski definition) is 1. The fourth-order valence-electron chi connectivity index (χ4n) is 2.18. The van der Waals surface area contributed by atoms with Gasteiger partial charge in [0.25, 0.3) is 5.56 Å². The monoisotopic (exact) mass is 560 g/mol. The maximum atomic E-state index is 14.2. The average molecular weight is 560 g/mol. The van der Waals surface area contributed by atoms with Crippen molar-refractivity contribution in [1.29, 1.82) is 0 Å². The van der Waals surface area contributed by atoms with Crippen LogP contribution >= 0.6 is 11.8 Å². The van der Waals surface area contributed by atoms with Gasteiger partial charge in [0, 0.05) is 18.7 Å². The van der Waals surface area contributed by atoms with Crippen LogP contribution in [0, 0.1) is 0 Å². The summed E-state index contributed by atoms with van der Waals surface area (Å²) in [5.41, 5.74) is -4.29. The quantitative estimate of drug-likeness (QED) is 0.129. The van der Waals surface area contributed by atoms with Crippen LogP contribution in [0.1, 0.15) is 25.5 Å². The third kappa shape index (κ3) is 5.79. The van der Waals surface area contributed by atoms with Gasteiger partial charge >= 0.3 is 41.8 Å². The summed E-state index contributed by atoms with van der Waals surface area (Å²) in [6.45, 7) is 1.00. The number of aromatic amines is 1. The molecule has 0 fully saturated rings. The number of halogens is 13. The van der Waals surface area contributed by atoms with Gasteiger partial charge in [0.15, 0.2) is 5.16 Å². The molecule has 0 spiro atoms. The van der Waals surface area contributed by atoms with Crippen LogP contribution in [0.3, 0.4) is 0 Å². The molecule has 1 rings (SSSR count). The maximum Gasteiger partial charge on any atom is 0.460 e. The van der Waals surface area contributed by atoms with E-state index in [-0.39, 0.29) is 25.2 Å². The minimum absolute atomic E-state index is 0.0873. The number of ether oxygens (including phenoxy) is 1. The molecular formula is C16H13F13N2O3S. The van der Waals surface area contributed by atoms with Crippen LogP contribution in [-0.4, -0.2) is 58.2 Å². The first-order chi connectivity index (χ1) is 15.5. The summed E-state index contributed by atoms with van der Waals surface area (Å²) < 4.78 is 177. The Morgan fingerprint density at radius 2 is 1.40 bits per heavy atom. The summed E-state index contributed by atoms with van der Waals surface area (Å²) >= 11 is 0.365. The maximum absolute atomic E-state index is 14.2. The van der Waals surface area contributed by atoms with Gasteiger partial charge in [0.05, 0.1) is 6.61 Å². The van der Waals surface area contributed by atoms with Gasteiger partial charge < -0.3 is 9.72 Å². The zero-order chi connectivity index (χ0) is 27.7. The lowest BCUT2D eigenvalue weighted by atomic mass is 9.92. The highest BCUT2D eigenvalue weighted by molar-refractivity contribution is 7.99. The van der Waals surface area contributed by atoms with Gasteiger partial charge in [-0.1, -0.05) is 11.8 Å². The van der Waals surface area contributed by atoms with E-state index in [1.807, 2.05) is 0 Å².